The summed E-state index contributed by atoms with van der Waals surface area (Å²) in [7, 11) is 5.68. The summed E-state index contributed by atoms with van der Waals surface area (Å²) in [5.41, 5.74) is 2.29. The smallest absolute Gasteiger partial charge is 0.191 e. The molecule has 1 heterocycles. The van der Waals surface area contributed by atoms with Gasteiger partial charge in [-0.25, -0.2) is 9.98 Å². The van der Waals surface area contributed by atoms with Crippen molar-refractivity contribution in [3.05, 3.63) is 59.8 Å². The number of rotatable bonds is 8. The predicted octanol–water partition coefficient (Wildman–Crippen LogP) is 2.03. The van der Waals surface area contributed by atoms with Crippen molar-refractivity contribution in [2.75, 3.05) is 39.3 Å². The summed E-state index contributed by atoms with van der Waals surface area (Å²) in [6.45, 7) is 2.60. The minimum absolute atomic E-state index is 0.622. The molecule has 0 saturated carbocycles. The van der Waals surface area contributed by atoms with Gasteiger partial charge in [0.25, 0.3) is 0 Å². The number of hydrogen-bond acceptors (Lipinski definition) is 4. The molecule has 0 spiro atoms. The van der Waals surface area contributed by atoms with E-state index in [4.69, 9.17) is 4.74 Å². The molecule has 1 aromatic carbocycles. The molecule has 0 aliphatic carbocycles. The molecule has 6 nitrogen and oxygen atoms in total. The molecule has 0 atom stereocenters. The summed E-state index contributed by atoms with van der Waals surface area (Å²) in [5.74, 6) is 1.71. The monoisotopic (exact) mass is 341 g/mol. The summed E-state index contributed by atoms with van der Waals surface area (Å²) in [4.78, 5) is 11.1. The Labute approximate surface area is 149 Å². The van der Waals surface area contributed by atoms with Crippen molar-refractivity contribution in [2.24, 2.45) is 4.99 Å². The molecule has 0 bridgehead atoms. The summed E-state index contributed by atoms with van der Waals surface area (Å²) in [6.07, 6.45) is 1.81. The van der Waals surface area contributed by atoms with Crippen LogP contribution >= 0.6 is 0 Å². The molecule has 2 rings (SSSR count). The number of hydrogen-bond donors (Lipinski definition) is 2. The third kappa shape index (κ3) is 6.43. The average molecular weight is 341 g/mol. The second kappa shape index (κ2) is 10.3. The number of anilines is 1. The van der Waals surface area contributed by atoms with E-state index in [1.54, 1.807) is 13.3 Å². The van der Waals surface area contributed by atoms with Crippen molar-refractivity contribution in [3.63, 3.8) is 0 Å². The second-order valence-corrected chi connectivity index (χ2v) is 5.80. The van der Waals surface area contributed by atoms with E-state index in [0.29, 0.717) is 26.2 Å². The Morgan fingerprint density at radius 1 is 1.12 bits per heavy atom. The van der Waals surface area contributed by atoms with Crippen molar-refractivity contribution in [1.82, 2.24) is 15.6 Å². The Morgan fingerprint density at radius 3 is 2.64 bits per heavy atom. The van der Waals surface area contributed by atoms with E-state index in [2.05, 4.69) is 38.8 Å². The van der Waals surface area contributed by atoms with E-state index < -0.39 is 0 Å². The highest BCUT2D eigenvalue weighted by Gasteiger charge is 2.06. The first-order chi connectivity index (χ1) is 12.2. The molecule has 0 aliphatic rings. The third-order valence-electron chi connectivity index (χ3n) is 3.60. The SMILES string of the molecule is COCCNC(=NCc1ccccc1)NCc1cccnc1N(C)C. The lowest BCUT2D eigenvalue weighted by Gasteiger charge is -2.17. The number of nitrogens with zero attached hydrogens (tertiary/aromatic N) is 3. The summed E-state index contributed by atoms with van der Waals surface area (Å²) >= 11 is 0. The second-order valence-electron chi connectivity index (χ2n) is 5.80. The third-order valence-corrected chi connectivity index (χ3v) is 3.60. The van der Waals surface area contributed by atoms with Crippen LogP contribution in [0.5, 0.6) is 0 Å². The molecule has 0 unspecified atom stereocenters. The Balaban J connectivity index is 2.03. The van der Waals surface area contributed by atoms with Crippen LogP contribution in [0.3, 0.4) is 0 Å². The van der Waals surface area contributed by atoms with Gasteiger partial charge in [0.05, 0.1) is 13.2 Å². The molecule has 0 saturated heterocycles. The number of guanidine groups is 1. The number of aliphatic imine (C=N–C) groups is 1. The van der Waals surface area contributed by atoms with E-state index in [-0.39, 0.29) is 0 Å². The molecule has 1 aromatic heterocycles. The van der Waals surface area contributed by atoms with Crippen molar-refractivity contribution in [3.8, 4) is 0 Å². The van der Waals surface area contributed by atoms with Gasteiger partial charge < -0.3 is 20.3 Å². The maximum Gasteiger partial charge on any atom is 0.191 e. The van der Waals surface area contributed by atoms with Crippen LogP contribution in [0.2, 0.25) is 0 Å². The highest BCUT2D eigenvalue weighted by atomic mass is 16.5. The van der Waals surface area contributed by atoms with Crippen LogP contribution in [-0.4, -0.2) is 45.3 Å². The van der Waals surface area contributed by atoms with Gasteiger partial charge in [0.1, 0.15) is 5.82 Å². The molecule has 0 radical (unpaired) electrons. The molecular formula is C19H27N5O. The van der Waals surface area contributed by atoms with Crippen molar-refractivity contribution in [1.29, 1.82) is 0 Å². The van der Waals surface area contributed by atoms with E-state index in [0.717, 1.165) is 17.3 Å². The summed E-state index contributed by atoms with van der Waals surface area (Å²) < 4.78 is 5.11. The summed E-state index contributed by atoms with van der Waals surface area (Å²) in [6, 6.07) is 14.2. The fourth-order valence-electron chi connectivity index (χ4n) is 2.35. The lowest BCUT2D eigenvalue weighted by Crippen LogP contribution is -2.39. The number of ether oxygens (including phenoxy) is 1. The highest BCUT2D eigenvalue weighted by molar-refractivity contribution is 5.79. The fourth-order valence-corrected chi connectivity index (χ4v) is 2.35. The lowest BCUT2D eigenvalue weighted by molar-refractivity contribution is 0.203. The molecule has 2 N–H and O–H groups in total. The highest BCUT2D eigenvalue weighted by Crippen LogP contribution is 2.13. The maximum absolute atomic E-state index is 5.11. The fraction of sp³-hybridized carbons (Fsp3) is 0.368. The van der Waals surface area contributed by atoms with E-state index in [1.165, 1.54) is 5.56 Å². The number of benzene rings is 1. The van der Waals surface area contributed by atoms with Crippen molar-refractivity contribution < 1.29 is 4.74 Å². The molecule has 25 heavy (non-hydrogen) atoms. The normalized spacial score (nSPS) is 11.2. The molecule has 6 heteroatoms. The van der Waals surface area contributed by atoms with Gasteiger partial charge in [-0.15, -0.1) is 0 Å². The topological polar surface area (TPSA) is 61.8 Å². The first kappa shape index (κ1) is 18.7. The quantitative estimate of drug-likeness (QED) is 0.437. The van der Waals surface area contributed by atoms with Crippen LogP contribution in [0.25, 0.3) is 0 Å². The number of nitrogens with one attached hydrogen (secondary N) is 2. The van der Waals surface area contributed by atoms with E-state index in [1.807, 2.05) is 43.3 Å². The largest absolute Gasteiger partial charge is 0.383 e. The van der Waals surface area contributed by atoms with E-state index >= 15 is 0 Å². The van der Waals surface area contributed by atoms with Gasteiger partial charge in [-0.1, -0.05) is 36.4 Å². The van der Waals surface area contributed by atoms with Gasteiger partial charge in [0.15, 0.2) is 5.96 Å². The zero-order chi connectivity index (χ0) is 17.9. The van der Waals surface area contributed by atoms with Crippen LogP contribution in [0.1, 0.15) is 11.1 Å². The first-order valence-electron chi connectivity index (χ1n) is 8.37. The average Bonchev–Trinajstić information content (AvgIpc) is 2.64. The zero-order valence-electron chi connectivity index (χ0n) is 15.2. The van der Waals surface area contributed by atoms with Gasteiger partial charge >= 0.3 is 0 Å². The van der Waals surface area contributed by atoms with Crippen LogP contribution < -0.4 is 15.5 Å². The number of methoxy groups -OCH3 is 1. The predicted molar refractivity (Wildman–Crippen MR) is 103 cm³/mol. The van der Waals surface area contributed by atoms with Crippen LogP contribution in [-0.2, 0) is 17.8 Å². The van der Waals surface area contributed by atoms with Gasteiger partial charge in [0, 0.05) is 46.1 Å². The molecule has 2 aromatic rings. The van der Waals surface area contributed by atoms with Gasteiger partial charge in [-0.2, -0.15) is 0 Å². The van der Waals surface area contributed by atoms with Gasteiger partial charge in [-0.05, 0) is 11.6 Å². The van der Waals surface area contributed by atoms with Crippen LogP contribution in [0, 0.1) is 0 Å². The zero-order valence-corrected chi connectivity index (χ0v) is 15.2. The lowest BCUT2D eigenvalue weighted by atomic mass is 10.2. The van der Waals surface area contributed by atoms with Crippen LogP contribution in [0.15, 0.2) is 53.7 Å². The standard InChI is InChI=1S/C19H27N5O/c1-24(2)18-17(10-7-11-20-18)15-23-19(21-12-13-25-3)22-14-16-8-5-4-6-9-16/h4-11H,12-15H2,1-3H3,(H2,21,22,23). The summed E-state index contributed by atoms with van der Waals surface area (Å²) in [5, 5.41) is 6.67. The maximum atomic E-state index is 5.11. The molecule has 0 amide bonds. The Bertz CT molecular complexity index is 658. The number of aromatic nitrogens is 1. The van der Waals surface area contributed by atoms with Crippen LogP contribution in [0.4, 0.5) is 5.82 Å². The van der Waals surface area contributed by atoms with Gasteiger partial charge in [0.2, 0.25) is 0 Å². The first-order valence-corrected chi connectivity index (χ1v) is 8.37. The Kier molecular flexibility index (Phi) is 7.72. The van der Waals surface area contributed by atoms with Crippen molar-refractivity contribution in [2.45, 2.75) is 13.1 Å². The molecule has 0 aliphatic heterocycles. The molecule has 134 valence electrons. The van der Waals surface area contributed by atoms with E-state index in [9.17, 15) is 0 Å². The molecule has 0 fully saturated rings. The molecular weight excluding hydrogens is 314 g/mol. The number of pyridine rings is 1. The minimum atomic E-state index is 0.622. The van der Waals surface area contributed by atoms with Crippen molar-refractivity contribution >= 4 is 11.8 Å². The Hall–Kier alpha value is -2.60. The Morgan fingerprint density at radius 2 is 1.92 bits per heavy atom. The minimum Gasteiger partial charge on any atom is -0.383 e. The van der Waals surface area contributed by atoms with Gasteiger partial charge in [-0.3, -0.25) is 0 Å².